The van der Waals surface area contributed by atoms with Gasteiger partial charge in [-0.05, 0) is 51.6 Å². The molecule has 4 heteroatoms. The zero-order valence-corrected chi connectivity index (χ0v) is 13.6. The number of ether oxygens (including phenoxy) is 1. The van der Waals surface area contributed by atoms with Crippen molar-refractivity contribution in [2.75, 3.05) is 39.8 Å². The van der Waals surface area contributed by atoms with E-state index in [2.05, 4.69) is 48.0 Å². The zero-order chi connectivity index (χ0) is 15.2. The summed E-state index contributed by atoms with van der Waals surface area (Å²) in [6.45, 7) is 9.05. The van der Waals surface area contributed by atoms with E-state index in [4.69, 9.17) is 10.5 Å². The van der Waals surface area contributed by atoms with Crippen molar-refractivity contribution in [3.05, 3.63) is 29.8 Å². The van der Waals surface area contributed by atoms with Gasteiger partial charge in [-0.2, -0.15) is 0 Å². The number of rotatable bonds is 5. The predicted octanol–water partition coefficient (Wildman–Crippen LogP) is 2.11. The lowest BCUT2D eigenvalue weighted by Crippen LogP contribution is -2.42. The molecule has 0 saturated carbocycles. The van der Waals surface area contributed by atoms with Gasteiger partial charge in [0.15, 0.2) is 0 Å². The number of hydrogen-bond donors (Lipinski definition) is 1. The number of benzene rings is 1. The summed E-state index contributed by atoms with van der Waals surface area (Å²) in [5, 5.41) is 0. The van der Waals surface area contributed by atoms with Crippen LogP contribution in [-0.2, 0) is 0 Å². The molecule has 1 aromatic rings. The van der Waals surface area contributed by atoms with Gasteiger partial charge in [0.2, 0.25) is 0 Å². The SMILES string of the molecule is CCOc1ccc(C(CN)N2CCCN(C)CC2C)cc1. The molecular formula is C17H29N3O. The summed E-state index contributed by atoms with van der Waals surface area (Å²) in [6, 6.07) is 9.24. The Morgan fingerprint density at radius 2 is 2.00 bits per heavy atom. The highest BCUT2D eigenvalue weighted by Crippen LogP contribution is 2.26. The molecule has 2 unspecified atom stereocenters. The Hall–Kier alpha value is -1.10. The molecule has 1 heterocycles. The van der Waals surface area contributed by atoms with E-state index in [1.807, 2.05) is 6.92 Å². The molecule has 1 saturated heterocycles. The molecular weight excluding hydrogens is 262 g/mol. The highest BCUT2D eigenvalue weighted by Gasteiger charge is 2.26. The first kappa shape index (κ1) is 16.3. The smallest absolute Gasteiger partial charge is 0.119 e. The molecule has 1 aliphatic rings. The summed E-state index contributed by atoms with van der Waals surface area (Å²) in [6.07, 6.45) is 1.20. The third kappa shape index (κ3) is 4.19. The Bertz CT molecular complexity index is 421. The van der Waals surface area contributed by atoms with Crippen LogP contribution in [-0.4, -0.2) is 55.7 Å². The first-order chi connectivity index (χ1) is 10.2. The first-order valence-corrected chi connectivity index (χ1v) is 8.02. The van der Waals surface area contributed by atoms with Gasteiger partial charge in [0.1, 0.15) is 5.75 Å². The minimum Gasteiger partial charge on any atom is -0.494 e. The van der Waals surface area contributed by atoms with Crippen LogP contribution >= 0.6 is 0 Å². The van der Waals surface area contributed by atoms with Crippen LogP contribution in [0.15, 0.2) is 24.3 Å². The van der Waals surface area contributed by atoms with Crippen LogP contribution in [0.25, 0.3) is 0 Å². The van der Waals surface area contributed by atoms with E-state index in [1.165, 1.54) is 18.5 Å². The zero-order valence-electron chi connectivity index (χ0n) is 13.6. The number of nitrogens with two attached hydrogens (primary N) is 1. The Morgan fingerprint density at radius 1 is 1.29 bits per heavy atom. The minimum absolute atomic E-state index is 0.294. The van der Waals surface area contributed by atoms with Crippen molar-refractivity contribution in [2.45, 2.75) is 32.4 Å². The van der Waals surface area contributed by atoms with E-state index < -0.39 is 0 Å². The van der Waals surface area contributed by atoms with Crippen LogP contribution in [0.5, 0.6) is 5.75 Å². The molecule has 21 heavy (non-hydrogen) atoms. The molecule has 1 aromatic carbocycles. The van der Waals surface area contributed by atoms with Crippen molar-refractivity contribution in [2.24, 2.45) is 5.73 Å². The fourth-order valence-electron chi connectivity index (χ4n) is 3.27. The molecule has 0 radical (unpaired) electrons. The van der Waals surface area contributed by atoms with E-state index in [0.29, 0.717) is 25.2 Å². The molecule has 0 aromatic heterocycles. The molecule has 4 nitrogen and oxygen atoms in total. The molecule has 2 rings (SSSR count). The summed E-state index contributed by atoms with van der Waals surface area (Å²) in [5.41, 5.74) is 7.38. The van der Waals surface area contributed by atoms with E-state index in [-0.39, 0.29) is 0 Å². The minimum atomic E-state index is 0.294. The molecule has 0 amide bonds. The Kier molecular flexibility index (Phi) is 6.03. The summed E-state index contributed by atoms with van der Waals surface area (Å²) < 4.78 is 5.52. The van der Waals surface area contributed by atoms with Crippen LogP contribution in [0.1, 0.15) is 31.9 Å². The van der Waals surface area contributed by atoms with Gasteiger partial charge in [0.25, 0.3) is 0 Å². The third-order valence-electron chi connectivity index (χ3n) is 4.30. The lowest BCUT2D eigenvalue weighted by atomic mass is 10.0. The molecule has 1 fully saturated rings. The molecule has 118 valence electrons. The van der Waals surface area contributed by atoms with Gasteiger partial charge in [-0.3, -0.25) is 4.90 Å². The van der Waals surface area contributed by atoms with E-state index in [0.717, 1.165) is 18.8 Å². The fourth-order valence-corrected chi connectivity index (χ4v) is 3.27. The van der Waals surface area contributed by atoms with Crippen molar-refractivity contribution in [1.82, 2.24) is 9.80 Å². The fraction of sp³-hybridized carbons (Fsp3) is 0.647. The van der Waals surface area contributed by atoms with Gasteiger partial charge in [0.05, 0.1) is 6.61 Å². The Balaban J connectivity index is 2.13. The topological polar surface area (TPSA) is 41.7 Å². The maximum atomic E-state index is 6.09. The van der Waals surface area contributed by atoms with Crippen molar-refractivity contribution >= 4 is 0 Å². The van der Waals surface area contributed by atoms with Gasteiger partial charge in [-0.25, -0.2) is 0 Å². The van der Waals surface area contributed by atoms with Crippen molar-refractivity contribution in [3.63, 3.8) is 0 Å². The maximum Gasteiger partial charge on any atom is 0.119 e. The highest BCUT2D eigenvalue weighted by molar-refractivity contribution is 5.29. The molecule has 0 bridgehead atoms. The molecule has 0 aliphatic carbocycles. The van der Waals surface area contributed by atoms with E-state index >= 15 is 0 Å². The van der Waals surface area contributed by atoms with Crippen LogP contribution < -0.4 is 10.5 Å². The summed E-state index contributed by atoms with van der Waals surface area (Å²) in [4.78, 5) is 4.97. The molecule has 2 atom stereocenters. The maximum absolute atomic E-state index is 6.09. The second kappa shape index (κ2) is 7.78. The lowest BCUT2D eigenvalue weighted by molar-refractivity contribution is 0.146. The second-order valence-electron chi connectivity index (χ2n) is 5.96. The van der Waals surface area contributed by atoms with E-state index in [9.17, 15) is 0 Å². The average molecular weight is 291 g/mol. The van der Waals surface area contributed by atoms with Gasteiger partial charge in [-0.1, -0.05) is 12.1 Å². The Morgan fingerprint density at radius 3 is 2.62 bits per heavy atom. The van der Waals surface area contributed by atoms with Gasteiger partial charge in [0, 0.05) is 31.7 Å². The first-order valence-electron chi connectivity index (χ1n) is 8.02. The largest absolute Gasteiger partial charge is 0.494 e. The van der Waals surface area contributed by atoms with Crippen LogP contribution in [0.4, 0.5) is 0 Å². The normalized spacial score (nSPS) is 22.8. The van der Waals surface area contributed by atoms with Crippen LogP contribution in [0.2, 0.25) is 0 Å². The quantitative estimate of drug-likeness (QED) is 0.902. The Labute approximate surface area is 128 Å². The second-order valence-corrected chi connectivity index (χ2v) is 5.96. The van der Waals surface area contributed by atoms with Gasteiger partial charge < -0.3 is 15.4 Å². The lowest BCUT2D eigenvalue weighted by Gasteiger charge is -2.35. The van der Waals surface area contributed by atoms with Crippen LogP contribution in [0.3, 0.4) is 0 Å². The van der Waals surface area contributed by atoms with Crippen molar-refractivity contribution < 1.29 is 4.74 Å². The summed E-state index contributed by atoms with van der Waals surface area (Å²) in [7, 11) is 2.20. The monoisotopic (exact) mass is 291 g/mol. The highest BCUT2D eigenvalue weighted by atomic mass is 16.5. The standard InChI is InChI=1S/C17H29N3O/c1-4-21-16-8-6-15(7-9-16)17(12-18)20-11-5-10-19(3)13-14(20)2/h6-9,14,17H,4-5,10-13,18H2,1-3H3. The summed E-state index contributed by atoms with van der Waals surface area (Å²) in [5.74, 6) is 0.931. The van der Waals surface area contributed by atoms with E-state index in [1.54, 1.807) is 0 Å². The average Bonchev–Trinajstić information content (AvgIpc) is 2.63. The molecule has 1 aliphatic heterocycles. The third-order valence-corrected chi connectivity index (χ3v) is 4.30. The molecule has 0 spiro atoms. The predicted molar refractivity (Wildman–Crippen MR) is 87.7 cm³/mol. The number of likely N-dealkylation sites (N-methyl/N-ethyl adjacent to an activating group) is 1. The van der Waals surface area contributed by atoms with Gasteiger partial charge in [-0.15, -0.1) is 0 Å². The molecule has 2 N–H and O–H groups in total. The van der Waals surface area contributed by atoms with Crippen molar-refractivity contribution in [1.29, 1.82) is 0 Å². The van der Waals surface area contributed by atoms with Gasteiger partial charge >= 0.3 is 0 Å². The van der Waals surface area contributed by atoms with Crippen LogP contribution in [0, 0.1) is 0 Å². The van der Waals surface area contributed by atoms with Crippen molar-refractivity contribution in [3.8, 4) is 5.75 Å². The number of hydrogen-bond acceptors (Lipinski definition) is 4. The summed E-state index contributed by atoms with van der Waals surface area (Å²) >= 11 is 0. The number of nitrogens with zero attached hydrogens (tertiary/aromatic N) is 2.